The molecule has 2 amide bonds. The van der Waals surface area contributed by atoms with Crippen LogP contribution in [0.25, 0.3) is 0 Å². The van der Waals surface area contributed by atoms with Crippen LogP contribution in [0.4, 0.5) is 0 Å². The summed E-state index contributed by atoms with van der Waals surface area (Å²) in [4.78, 5) is 24.0. The number of amides is 2. The zero-order chi connectivity index (χ0) is 14.5. The molecule has 0 aromatic heterocycles. The molecule has 0 aliphatic heterocycles. The molecule has 1 rings (SSSR count). The van der Waals surface area contributed by atoms with Gasteiger partial charge in [-0.2, -0.15) is 0 Å². The minimum Gasteiger partial charge on any atom is -0.353 e. The maximum atomic E-state index is 12.1. The van der Waals surface area contributed by atoms with Crippen LogP contribution >= 0.6 is 0 Å². The SMILES string of the molecule is CC(C)NC(=O)C(C)(C)C(=O)NCc1ccccc1. The van der Waals surface area contributed by atoms with Gasteiger partial charge in [0.15, 0.2) is 0 Å². The van der Waals surface area contributed by atoms with Crippen molar-refractivity contribution in [1.29, 1.82) is 0 Å². The van der Waals surface area contributed by atoms with Gasteiger partial charge in [-0.1, -0.05) is 30.3 Å². The highest BCUT2D eigenvalue weighted by Gasteiger charge is 2.35. The number of carbonyl (C=O) groups is 2. The van der Waals surface area contributed by atoms with Gasteiger partial charge in [0.05, 0.1) is 0 Å². The third kappa shape index (κ3) is 4.39. The maximum Gasteiger partial charge on any atom is 0.235 e. The summed E-state index contributed by atoms with van der Waals surface area (Å²) in [6.07, 6.45) is 0. The van der Waals surface area contributed by atoms with E-state index in [4.69, 9.17) is 0 Å². The first-order chi connectivity index (χ1) is 8.84. The Hall–Kier alpha value is -1.84. The summed E-state index contributed by atoms with van der Waals surface area (Å²) in [6, 6.07) is 9.64. The smallest absolute Gasteiger partial charge is 0.235 e. The monoisotopic (exact) mass is 262 g/mol. The Morgan fingerprint density at radius 2 is 1.68 bits per heavy atom. The molecule has 0 saturated heterocycles. The molecule has 2 N–H and O–H groups in total. The number of carbonyl (C=O) groups excluding carboxylic acids is 2. The van der Waals surface area contributed by atoms with Crippen LogP contribution in [0.1, 0.15) is 33.3 Å². The van der Waals surface area contributed by atoms with Gasteiger partial charge in [0.2, 0.25) is 11.8 Å². The lowest BCUT2D eigenvalue weighted by Gasteiger charge is -2.24. The molecule has 4 nitrogen and oxygen atoms in total. The van der Waals surface area contributed by atoms with Crippen molar-refractivity contribution in [2.24, 2.45) is 5.41 Å². The summed E-state index contributed by atoms with van der Waals surface area (Å²) in [5.74, 6) is -0.525. The number of benzene rings is 1. The third-order valence-corrected chi connectivity index (χ3v) is 2.85. The van der Waals surface area contributed by atoms with Crippen LogP contribution in [0.2, 0.25) is 0 Å². The van der Waals surface area contributed by atoms with Crippen molar-refractivity contribution in [3.8, 4) is 0 Å². The van der Waals surface area contributed by atoms with E-state index in [9.17, 15) is 9.59 Å². The fourth-order valence-electron chi connectivity index (χ4n) is 1.54. The molecule has 19 heavy (non-hydrogen) atoms. The zero-order valence-corrected chi connectivity index (χ0v) is 12.0. The van der Waals surface area contributed by atoms with Crippen LogP contribution in [0.5, 0.6) is 0 Å². The number of nitrogens with one attached hydrogen (secondary N) is 2. The van der Waals surface area contributed by atoms with E-state index in [-0.39, 0.29) is 17.9 Å². The Bertz CT molecular complexity index is 439. The van der Waals surface area contributed by atoms with Crippen LogP contribution in [0.3, 0.4) is 0 Å². The quantitative estimate of drug-likeness (QED) is 0.796. The van der Waals surface area contributed by atoms with E-state index in [0.717, 1.165) is 5.56 Å². The van der Waals surface area contributed by atoms with Gasteiger partial charge < -0.3 is 10.6 Å². The first-order valence-electron chi connectivity index (χ1n) is 6.47. The Morgan fingerprint density at radius 3 is 2.21 bits per heavy atom. The highest BCUT2D eigenvalue weighted by molar-refractivity contribution is 6.04. The predicted molar refractivity (Wildman–Crippen MR) is 75.3 cm³/mol. The van der Waals surface area contributed by atoms with E-state index in [1.54, 1.807) is 13.8 Å². The van der Waals surface area contributed by atoms with Gasteiger partial charge in [-0.05, 0) is 33.3 Å². The standard InChI is InChI=1S/C15H22N2O2/c1-11(2)17-14(19)15(3,4)13(18)16-10-12-8-6-5-7-9-12/h5-9,11H,10H2,1-4H3,(H,16,18)(H,17,19). The minimum absolute atomic E-state index is 0.0219. The molecule has 0 radical (unpaired) electrons. The number of rotatable bonds is 5. The number of hydrogen-bond acceptors (Lipinski definition) is 2. The lowest BCUT2D eigenvalue weighted by Crippen LogP contribution is -2.49. The maximum absolute atomic E-state index is 12.1. The molecular formula is C15H22N2O2. The second-order valence-electron chi connectivity index (χ2n) is 5.42. The summed E-state index contributed by atoms with van der Waals surface area (Å²) in [6.45, 7) is 7.43. The van der Waals surface area contributed by atoms with Crippen molar-refractivity contribution in [3.05, 3.63) is 35.9 Å². The lowest BCUT2D eigenvalue weighted by atomic mass is 9.90. The van der Waals surface area contributed by atoms with E-state index in [1.165, 1.54) is 0 Å². The lowest BCUT2D eigenvalue weighted by molar-refractivity contribution is -0.141. The molecule has 0 spiro atoms. The first kappa shape index (κ1) is 15.2. The molecule has 4 heteroatoms. The van der Waals surface area contributed by atoms with Gasteiger partial charge in [-0.3, -0.25) is 9.59 Å². The summed E-state index contributed by atoms with van der Waals surface area (Å²) in [7, 11) is 0. The third-order valence-electron chi connectivity index (χ3n) is 2.85. The van der Waals surface area contributed by atoms with Gasteiger partial charge >= 0.3 is 0 Å². The van der Waals surface area contributed by atoms with Crippen LogP contribution in [0, 0.1) is 5.41 Å². The number of hydrogen-bond donors (Lipinski definition) is 2. The predicted octanol–water partition coefficient (Wildman–Crippen LogP) is 1.85. The molecule has 104 valence electrons. The highest BCUT2D eigenvalue weighted by atomic mass is 16.2. The fraction of sp³-hybridized carbons (Fsp3) is 0.467. The van der Waals surface area contributed by atoms with E-state index >= 15 is 0 Å². The van der Waals surface area contributed by atoms with Crippen molar-refractivity contribution in [2.45, 2.75) is 40.3 Å². The van der Waals surface area contributed by atoms with Crippen LogP contribution < -0.4 is 10.6 Å². The zero-order valence-electron chi connectivity index (χ0n) is 12.0. The first-order valence-corrected chi connectivity index (χ1v) is 6.47. The second kappa shape index (κ2) is 6.36. The van der Waals surface area contributed by atoms with E-state index in [0.29, 0.717) is 6.54 Å². The Balaban J connectivity index is 2.59. The molecule has 0 fully saturated rings. The van der Waals surface area contributed by atoms with Crippen LogP contribution in [0.15, 0.2) is 30.3 Å². The fourth-order valence-corrected chi connectivity index (χ4v) is 1.54. The Kier molecular flexibility index (Phi) is 5.10. The summed E-state index contributed by atoms with van der Waals surface area (Å²) >= 11 is 0. The average Bonchev–Trinajstić information content (AvgIpc) is 2.36. The van der Waals surface area contributed by atoms with Gasteiger partial charge in [0, 0.05) is 12.6 Å². The molecule has 1 aromatic carbocycles. The van der Waals surface area contributed by atoms with E-state index in [1.807, 2.05) is 44.2 Å². The van der Waals surface area contributed by atoms with E-state index < -0.39 is 5.41 Å². The topological polar surface area (TPSA) is 58.2 Å². The van der Waals surface area contributed by atoms with Gasteiger partial charge in [0.25, 0.3) is 0 Å². The molecule has 0 unspecified atom stereocenters. The van der Waals surface area contributed by atoms with Crippen molar-refractivity contribution in [1.82, 2.24) is 10.6 Å². The van der Waals surface area contributed by atoms with Gasteiger partial charge in [-0.25, -0.2) is 0 Å². The molecule has 1 aromatic rings. The van der Waals surface area contributed by atoms with Gasteiger partial charge in [0.1, 0.15) is 5.41 Å². The molecule has 0 bridgehead atoms. The summed E-state index contributed by atoms with van der Waals surface area (Å²) in [5, 5.41) is 5.56. The molecule has 0 atom stereocenters. The molecular weight excluding hydrogens is 240 g/mol. The molecule has 0 heterocycles. The van der Waals surface area contributed by atoms with Gasteiger partial charge in [-0.15, -0.1) is 0 Å². The Labute approximate surface area is 114 Å². The van der Waals surface area contributed by atoms with Crippen molar-refractivity contribution >= 4 is 11.8 Å². The van der Waals surface area contributed by atoms with Crippen molar-refractivity contribution < 1.29 is 9.59 Å². The highest BCUT2D eigenvalue weighted by Crippen LogP contribution is 2.16. The molecule has 0 saturated carbocycles. The summed E-state index contributed by atoms with van der Waals surface area (Å²) < 4.78 is 0. The second-order valence-corrected chi connectivity index (χ2v) is 5.42. The van der Waals surface area contributed by atoms with Crippen molar-refractivity contribution in [3.63, 3.8) is 0 Å². The van der Waals surface area contributed by atoms with Crippen LogP contribution in [-0.2, 0) is 16.1 Å². The van der Waals surface area contributed by atoms with Crippen LogP contribution in [-0.4, -0.2) is 17.9 Å². The van der Waals surface area contributed by atoms with E-state index in [2.05, 4.69) is 10.6 Å². The normalized spacial score (nSPS) is 11.2. The molecule has 0 aliphatic rings. The summed E-state index contributed by atoms with van der Waals surface area (Å²) in [5.41, 5.74) is -0.0603. The Morgan fingerprint density at radius 1 is 1.11 bits per heavy atom. The average molecular weight is 262 g/mol. The van der Waals surface area contributed by atoms with Crippen molar-refractivity contribution in [2.75, 3.05) is 0 Å². The minimum atomic E-state index is -1.07. The molecule has 0 aliphatic carbocycles. The largest absolute Gasteiger partial charge is 0.353 e.